The number of nitrogens with one attached hydrogen (secondary N) is 1. The van der Waals surface area contributed by atoms with Crippen LogP contribution < -0.4 is 5.32 Å². The molecule has 1 aromatic heterocycles. The molecule has 1 N–H and O–H groups in total. The number of carbonyl (C=O) groups is 1. The first-order valence-corrected chi connectivity index (χ1v) is 5.70. The van der Waals surface area contributed by atoms with Gasteiger partial charge in [0, 0.05) is 19.1 Å². The quantitative estimate of drug-likeness (QED) is 0.785. The molecule has 0 aliphatic carbocycles. The molecule has 0 bridgehead atoms. The molecular weight excluding hydrogens is 220 g/mol. The lowest BCUT2D eigenvalue weighted by atomic mass is 10.1. The number of ether oxygens (including phenoxy) is 1. The number of hydrogen-bond acceptors (Lipinski definition) is 5. The van der Waals surface area contributed by atoms with E-state index < -0.39 is 0 Å². The maximum Gasteiger partial charge on any atom is 0.341 e. The number of furan rings is 1. The zero-order valence-corrected chi connectivity index (χ0v) is 10.4. The van der Waals surface area contributed by atoms with Gasteiger partial charge in [0.2, 0.25) is 0 Å². The Morgan fingerprint density at radius 1 is 1.65 bits per heavy atom. The number of nitrogens with zero attached hydrogens (tertiary/aromatic N) is 1. The van der Waals surface area contributed by atoms with Crippen molar-refractivity contribution in [1.29, 1.82) is 0 Å². The monoisotopic (exact) mass is 238 g/mol. The molecule has 0 amide bonds. The zero-order valence-electron chi connectivity index (χ0n) is 10.4. The van der Waals surface area contributed by atoms with Crippen LogP contribution in [0.3, 0.4) is 0 Å². The van der Waals surface area contributed by atoms with Gasteiger partial charge in [-0.25, -0.2) is 4.79 Å². The normalized spacial score (nSPS) is 16.0. The third-order valence-corrected chi connectivity index (χ3v) is 3.16. The van der Waals surface area contributed by atoms with Crippen LogP contribution in [-0.2, 0) is 11.3 Å². The maximum absolute atomic E-state index is 11.4. The van der Waals surface area contributed by atoms with Crippen LogP contribution in [0, 0.1) is 6.92 Å². The summed E-state index contributed by atoms with van der Waals surface area (Å²) in [5, 5.41) is 3.23. The highest BCUT2D eigenvalue weighted by Gasteiger charge is 2.23. The SMILES string of the molecule is COC(=O)c1cc(CN(C)C2CNC2)oc1C. The Morgan fingerprint density at radius 3 is 2.88 bits per heavy atom. The van der Waals surface area contributed by atoms with Crippen molar-refractivity contribution >= 4 is 5.97 Å². The van der Waals surface area contributed by atoms with Gasteiger partial charge in [-0.3, -0.25) is 4.90 Å². The van der Waals surface area contributed by atoms with E-state index >= 15 is 0 Å². The minimum absolute atomic E-state index is 0.342. The lowest BCUT2D eigenvalue weighted by Crippen LogP contribution is -2.55. The lowest BCUT2D eigenvalue weighted by Gasteiger charge is -2.35. The smallest absolute Gasteiger partial charge is 0.341 e. The Balaban J connectivity index is 2.03. The van der Waals surface area contributed by atoms with E-state index in [0.717, 1.165) is 18.8 Å². The molecule has 0 spiro atoms. The molecule has 0 saturated carbocycles. The number of rotatable bonds is 4. The van der Waals surface area contributed by atoms with Gasteiger partial charge in [-0.05, 0) is 20.0 Å². The first-order valence-electron chi connectivity index (χ1n) is 5.70. The summed E-state index contributed by atoms with van der Waals surface area (Å²) in [6, 6.07) is 2.33. The van der Waals surface area contributed by atoms with Crippen LogP contribution in [0.2, 0.25) is 0 Å². The van der Waals surface area contributed by atoms with Crippen LogP contribution in [0.1, 0.15) is 21.9 Å². The van der Waals surface area contributed by atoms with Crippen molar-refractivity contribution < 1.29 is 13.9 Å². The molecule has 0 atom stereocenters. The van der Waals surface area contributed by atoms with Gasteiger partial charge in [0.15, 0.2) is 0 Å². The lowest BCUT2D eigenvalue weighted by molar-refractivity contribution is 0.0599. The van der Waals surface area contributed by atoms with Crippen LogP contribution >= 0.6 is 0 Å². The van der Waals surface area contributed by atoms with Gasteiger partial charge in [0.25, 0.3) is 0 Å². The molecule has 2 heterocycles. The Kier molecular flexibility index (Phi) is 3.49. The average Bonchev–Trinajstić information content (AvgIpc) is 2.55. The molecule has 5 heteroatoms. The van der Waals surface area contributed by atoms with Crippen LogP contribution in [-0.4, -0.2) is 44.2 Å². The molecule has 0 radical (unpaired) electrons. The summed E-state index contributed by atoms with van der Waals surface area (Å²) in [7, 11) is 3.43. The molecule has 17 heavy (non-hydrogen) atoms. The highest BCUT2D eigenvalue weighted by molar-refractivity contribution is 5.90. The van der Waals surface area contributed by atoms with Gasteiger partial charge >= 0.3 is 5.97 Å². The molecule has 1 aliphatic rings. The Labute approximate surface area is 101 Å². The van der Waals surface area contributed by atoms with E-state index in [-0.39, 0.29) is 5.97 Å². The van der Waals surface area contributed by atoms with Crippen LogP contribution in [0.4, 0.5) is 0 Å². The van der Waals surface area contributed by atoms with E-state index in [9.17, 15) is 4.79 Å². The van der Waals surface area contributed by atoms with Crippen LogP contribution in [0.5, 0.6) is 0 Å². The van der Waals surface area contributed by atoms with Gasteiger partial charge < -0.3 is 14.5 Å². The molecule has 1 fully saturated rings. The Morgan fingerprint density at radius 2 is 2.35 bits per heavy atom. The minimum atomic E-state index is -0.342. The van der Waals surface area contributed by atoms with Gasteiger partial charge in [-0.2, -0.15) is 0 Å². The highest BCUT2D eigenvalue weighted by atomic mass is 16.5. The summed E-state index contributed by atoms with van der Waals surface area (Å²) < 4.78 is 10.3. The summed E-state index contributed by atoms with van der Waals surface area (Å²) >= 11 is 0. The zero-order chi connectivity index (χ0) is 12.4. The molecular formula is C12H18N2O3. The highest BCUT2D eigenvalue weighted by Crippen LogP contribution is 2.18. The second-order valence-electron chi connectivity index (χ2n) is 4.40. The van der Waals surface area contributed by atoms with E-state index in [2.05, 4.69) is 17.3 Å². The minimum Gasteiger partial charge on any atom is -0.465 e. The van der Waals surface area contributed by atoms with Crippen LogP contribution in [0.15, 0.2) is 10.5 Å². The van der Waals surface area contributed by atoms with Crippen LogP contribution in [0.25, 0.3) is 0 Å². The van der Waals surface area contributed by atoms with Crippen molar-refractivity contribution in [3.8, 4) is 0 Å². The predicted molar refractivity (Wildman–Crippen MR) is 62.9 cm³/mol. The van der Waals surface area contributed by atoms with E-state index in [0.29, 0.717) is 23.9 Å². The van der Waals surface area contributed by atoms with Gasteiger partial charge in [-0.15, -0.1) is 0 Å². The maximum atomic E-state index is 11.4. The molecule has 1 aliphatic heterocycles. The number of methoxy groups -OCH3 is 1. The average molecular weight is 238 g/mol. The second kappa shape index (κ2) is 4.89. The largest absolute Gasteiger partial charge is 0.465 e. The summed E-state index contributed by atoms with van der Waals surface area (Å²) in [6.45, 7) is 4.52. The fourth-order valence-electron chi connectivity index (χ4n) is 1.89. The number of aryl methyl sites for hydroxylation is 1. The first-order chi connectivity index (χ1) is 8.11. The fraction of sp³-hybridized carbons (Fsp3) is 0.583. The number of likely N-dealkylation sites (N-methyl/N-ethyl adjacent to an activating group) is 1. The van der Waals surface area contributed by atoms with Gasteiger partial charge in [0.1, 0.15) is 17.1 Å². The topological polar surface area (TPSA) is 54.7 Å². The van der Waals surface area contributed by atoms with Crippen molar-refractivity contribution in [2.75, 3.05) is 27.2 Å². The van der Waals surface area contributed by atoms with E-state index in [1.54, 1.807) is 13.0 Å². The summed E-state index contributed by atoms with van der Waals surface area (Å²) in [6.07, 6.45) is 0. The Bertz CT molecular complexity index is 410. The number of hydrogen-bond donors (Lipinski definition) is 1. The van der Waals surface area contributed by atoms with E-state index in [1.165, 1.54) is 7.11 Å². The van der Waals surface area contributed by atoms with Crippen molar-refractivity contribution in [3.05, 3.63) is 23.2 Å². The number of esters is 1. The Hall–Kier alpha value is -1.33. The van der Waals surface area contributed by atoms with Crippen molar-refractivity contribution in [2.24, 2.45) is 0 Å². The molecule has 1 aromatic rings. The first kappa shape index (κ1) is 12.1. The summed E-state index contributed by atoms with van der Waals surface area (Å²) in [5.74, 6) is 1.08. The van der Waals surface area contributed by atoms with Crippen molar-refractivity contribution in [3.63, 3.8) is 0 Å². The summed E-state index contributed by atoms with van der Waals surface area (Å²) in [5.41, 5.74) is 0.516. The number of carbonyl (C=O) groups excluding carboxylic acids is 1. The van der Waals surface area contributed by atoms with E-state index in [1.807, 2.05) is 0 Å². The van der Waals surface area contributed by atoms with E-state index in [4.69, 9.17) is 9.15 Å². The van der Waals surface area contributed by atoms with Crippen molar-refractivity contribution in [1.82, 2.24) is 10.2 Å². The molecule has 0 unspecified atom stereocenters. The van der Waals surface area contributed by atoms with Gasteiger partial charge in [-0.1, -0.05) is 0 Å². The standard InChI is InChI=1S/C12H18N2O3/c1-8-11(12(15)16-3)4-10(17-8)7-14(2)9-5-13-6-9/h4,9,13H,5-7H2,1-3H3. The molecule has 0 aromatic carbocycles. The molecule has 5 nitrogen and oxygen atoms in total. The molecule has 94 valence electrons. The predicted octanol–water partition coefficient (Wildman–Crippen LogP) is 0.778. The van der Waals surface area contributed by atoms with Crippen molar-refractivity contribution in [2.45, 2.75) is 19.5 Å². The van der Waals surface area contributed by atoms with Gasteiger partial charge in [0.05, 0.1) is 13.7 Å². The third kappa shape index (κ3) is 2.50. The third-order valence-electron chi connectivity index (χ3n) is 3.16. The fourth-order valence-corrected chi connectivity index (χ4v) is 1.89. The molecule has 2 rings (SSSR count). The second-order valence-corrected chi connectivity index (χ2v) is 4.40. The summed E-state index contributed by atoms with van der Waals surface area (Å²) in [4.78, 5) is 13.6. The molecule has 1 saturated heterocycles.